The Morgan fingerprint density at radius 3 is 2.68 bits per heavy atom. The molecule has 1 aromatic carbocycles. The first-order chi connectivity index (χ1) is 8.76. The number of carbonyl (C=O) groups is 1. The van der Waals surface area contributed by atoms with Gasteiger partial charge in [0, 0.05) is 5.69 Å². The molecule has 0 saturated heterocycles. The van der Waals surface area contributed by atoms with E-state index in [9.17, 15) is 4.79 Å². The summed E-state index contributed by atoms with van der Waals surface area (Å²) in [6.07, 6.45) is 0.433. The molecule has 6 heteroatoms. The summed E-state index contributed by atoms with van der Waals surface area (Å²) in [5.74, 6) is -0.604. The van der Waals surface area contributed by atoms with Crippen LogP contribution in [0.3, 0.4) is 0 Å². The third kappa shape index (κ3) is 4.30. The van der Waals surface area contributed by atoms with Crippen LogP contribution in [0.5, 0.6) is 0 Å². The van der Waals surface area contributed by atoms with E-state index in [1.54, 1.807) is 13.8 Å². The molecule has 0 atom stereocenters. The SMILES string of the molecule is CC(C)(C#N)CCOC(=O)c1cc(N)cc(Cl)c1Cl. The Morgan fingerprint density at radius 1 is 1.47 bits per heavy atom. The van der Waals surface area contributed by atoms with Crippen molar-refractivity contribution in [2.75, 3.05) is 12.3 Å². The second kappa shape index (κ2) is 6.14. The lowest BCUT2D eigenvalue weighted by molar-refractivity contribution is 0.0475. The maximum Gasteiger partial charge on any atom is 0.339 e. The molecule has 0 fully saturated rings. The van der Waals surface area contributed by atoms with Crippen molar-refractivity contribution < 1.29 is 9.53 Å². The van der Waals surface area contributed by atoms with Crippen LogP contribution in [0.1, 0.15) is 30.6 Å². The summed E-state index contributed by atoms with van der Waals surface area (Å²) >= 11 is 11.7. The third-order valence-corrected chi connectivity index (χ3v) is 3.34. The summed E-state index contributed by atoms with van der Waals surface area (Å²) in [6.45, 7) is 3.67. The molecule has 0 amide bonds. The predicted molar refractivity (Wildman–Crippen MR) is 75.2 cm³/mol. The van der Waals surface area contributed by atoms with Crippen molar-refractivity contribution in [3.05, 3.63) is 27.7 Å². The number of halogens is 2. The fourth-order valence-corrected chi connectivity index (χ4v) is 1.71. The number of nitriles is 1. The molecule has 0 aliphatic rings. The predicted octanol–water partition coefficient (Wildman–Crippen LogP) is 3.67. The lowest BCUT2D eigenvalue weighted by Gasteiger charge is -2.15. The zero-order valence-corrected chi connectivity index (χ0v) is 12.2. The van der Waals surface area contributed by atoms with Crippen molar-refractivity contribution in [3.8, 4) is 6.07 Å². The van der Waals surface area contributed by atoms with Crippen LogP contribution in [0.4, 0.5) is 5.69 Å². The van der Waals surface area contributed by atoms with E-state index in [0.717, 1.165) is 0 Å². The Labute approximate surface area is 122 Å². The van der Waals surface area contributed by atoms with E-state index in [1.165, 1.54) is 12.1 Å². The lowest BCUT2D eigenvalue weighted by atomic mass is 9.92. The van der Waals surface area contributed by atoms with Gasteiger partial charge < -0.3 is 10.5 Å². The van der Waals surface area contributed by atoms with E-state index in [4.69, 9.17) is 38.9 Å². The molecule has 0 aliphatic heterocycles. The van der Waals surface area contributed by atoms with Gasteiger partial charge in [0.05, 0.1) is 33.7 Å². The molecule has 19 heavy (non-hydrogen) atoms. The second-order valence-electron chi connectivity index (χ2n) is 4.75. The minimum Gasteiger partial charge on any atom is -0.462 e. The third-order valence-electron chi connectivity index (χ3n) is 2.53. The van der Waals surface area contributed by atoms with Gasteiger partial charge in [-0.1, -0.05) is 23.2 Å². The van der Waals surface area contributed by atoms with Gasteiger partial charge in [0.2, 0.25) is 0 Å². The van der Waals surface area contributed by atoms with Crippen molar-refractivity contribution in [3.63, 3.8) is 0 Å². The minimum atomic E-state index is -0.604. The summed E-state index contributed by atoms with van der Waals surface area (Å²) in [6, 6.07) is 4.99. The lowest BCUT2D eigenvalue weighted by Crippen LogP contribution is -2.15. The first-order valence-electron chi connectivity index (χ1n) is 5.60. The molecule has 4 nitrogen and oxygen atoms in total. The average Bonchev–Trinajstić information content (AvgIpc) is 2.33. The van der Waals surface area contributed by atoms with Crippen molar-refractivity contribution >= 4 is 34.9 Å². The zero-order chi connectivity index (χ0) is 14.6. The number of nitrogen functional groups attached to an aromatic ring is 1. The summed E-state index contributed by atoms with van der Waals surface area (Å²) in [5.41, 5.74) is 5.51. The van der Waals surface area contributed by atoms with E-state index in [-0.39, 0.29) is 22.2 Å². The number of anilines is 1. The van der Waals surface area contributed by atoms with Gasteiger partial charge in [-0.2, -0.15) is 5.26 Å². The molecule has 102 valence electrons. The number of nitrogens with two attached hydrogens (primary N) is 1. The summed E-state index contributed by atoms with van der Waals surface area (Å²) in [4.78, 5) is 11.8. The standard InChI is InChI=1S/C13H14Cl2N2O2/c1-13(2,7-16)3-4-19-12(18)9-5-8(17)6-10(14)11(9)15/h5-6H,3-4,17H2,1-2H3. The first-order valence-corrected chi connectivity index (χ1v) is 6.35. The molecule has 0 radical (unpaired) electrons. The fraction of sp³-hybridized carbons (Fsp3) is 0.385. The Hall–Kier alpha value is -1.44. The van der Waals surface area contributed by atoms with Crippen LogP contribution in [-0.2, 0) is 4.74 Å². The van der Waals surface area contributed by atoms with Gasteiger partial charge in [0.1, 0.15) is 0 Å². The number of rotatable bonds is 4. The fourth-order valence-electron chi connectivity index (χ4n) is 1.29. The summed E-state index contributed by atoms with van der Waals surface area (Å²) in [7, 11) is 0. The van der Waals surface area contributed by atoms with Crippen molar-refractivity contribution in [1.29, 1.82) is 5.26 Å². The highest BCUT2D eigenvalue weighted by Gasteiger charge is 2.19. The number of hydrogen-bond acceptors (Lipinski definition) is 4. The first kappa shape index (κ1) is 15.6. The Kier molecular flexibility index (Phi) is 5.04. The van der Waals surface area contributed by atoms with Gasteiger partial charge in [-0.25, -0.2) is 4.79 Å². The Bertz CT molecular complexity index is 536. The van der Waals surface area contributed by atoms with Crippen LogP contribution >= 0.6 is 23.2 Å². The van der Waals surface area contributed by atoms with Crippen molar-refractivity contribution in [1.82, 2.24) is 0 Å². The summed E-state index contributed by atoms with van der Waals surface area (Å²) < 4.78 is 5.07. The highest BCUT2D eigenvalue weighted by atomic mass is 35.5. The van der Waals surface area contributed by atoms with Gasteiger partial charge in [-0.3, -0.25) is 0 Å². The van der Waals surface area contributed by atoms with Crippen LogP contribution in [0, 0.1) is 16.7 Å². The molecule has 0 unspecified atom stereocenters. The van der Waals surface area contributed by atoms with E-state index >= 15 is 0 Å². The van der Waals surface area contributed by atoms with Gasteiger partial charge in [0.15, 0.2) is 0 Å². The second-order valence-corrected chi connectivity index (χ2v) is 5.53. The van der Waals surface area contributed by atoms with Crippen LogP contribution in [0.15, 0.2) is 12.1 Å². The maximum atomic E-state index is 11.8. The van der Waals surface area contributed by atoms with Crippen LogP contribution in [0.2, 0.25) is 10.0 Å². The normalized spacial score (nSPS) is 10.9. The topological polar surface area (TPSA) is 76.1 Å². The Balaban J connectivity index is 2.73. The van der Waals surface area contributed by atoms with Crippen LogP contribution in [0.25, 0.3) is 0 Å². The number of esters is 1. The number of nitrogens with zero attached hydrogens (tertiary/aromatic N) is 1. The van der Waals surface area contributed by atoms with Crippen molar-refractivity contribution in [2.45, 2.75) is 20.3 Å². The van der Waals surface area contributed by atoms with E-state index in [1.807, 2.05) is 0 Å². The van der Waals surface area contributed by atoms with Gasteiger partial charge in [0.25, 0.3) is 0 Å². The van der Waals surface area contributed by atoms with Crippen LogP contribution in [-0.4, -0.2) is 12.6 Å². The van der Waals surface area contributed by atoms with Gasteiger partial charge in [-0.05, 0) is 32.4 Å². The molecule has 0 aliphatic carbocycles. The molecule has 0 bridgehead atoms. The smallest absolute Gasteiger partial charge is 0.339 e. The maximum absolute atomic E-state index is 11.8. The molecular formula is C13H14Cl2N2O2. The van der Waals surface area contributed by atoms with Gasteiger partial charge in [-0.15, -0.1) is 0 Å². The largest absolute Gasteiger partial charge is 0.462 e. The summed E-state index contributed by atoms with van der Waals surface area (Å²) in [5, 5.41) is 9.16. The number of benzene rings is 1. The average molecular weight is 301 g/mol. The van der Waals surface area contributed by atoms with E-state index < -0.39 is 11.4 Å². The van der Waals surface area contributed by atoms with E-state index in [2.05, 4.69) is 6.07 Å². The highest BCUT2D eigenvalue weighted by Crippen LogP contribution is 2.29. The number of hydrogen-bond donors (Lipinski definition) is 1. The monoisotopic (exact) mass is 300 g/mol. The number of ether oxygens (including phenoxy) is 1. The molecule has 0 heterocycles. The minimum absolute atomic E-state index is 0.111. The molecule has 1 rings (SSSR count). The Morgan fingerprint density at radius 2 is 2.11 bits per heavy atom. The van der Waals surface area contributed by atoms with Gasteiger partial charge >= 0.3 is 5.97 Å². The van der Waals surface area contributed by atoms with Crippen molar-refractivity contribution in [2.24, 2.45) is 5.41 Å². The molecule has 0 spiro atoms. The number of carbonyl (C=O) groups excluding carboxylic acids is 1. The van der Waals surface area contributed by atoms with Crippen LogP contribution < -0.4 is 5.73 Å². The quantitative estimate of drug-likeness (QED) is 0.680. The molecule has 0 saturated carbocycles. The molecular weight excluding hydrogens is 287 g/mol. The molecule has 2 N–H and O–H groups in total. The highest BCUT2D eigenvalue weighted by molar-refractivity contribution is 6.44. The van der Waals surface area contributed by atoms with E-state index in [0.29, 0.717) is 12.1 Å². The molecule has 0 aromatic heterocycles. The molecule has 1 aromatic rings. The zero-order valence-electron chi connectivity index (χ0n) is 10.7.